The Bertz CT molecular complexity index is 645. The number of carbonyl (C=O) groups is 1. The van der Waals surface area contributed by atoms with Crippen LogP contribution < -0.4 is 14.8 Å². The van der Waals surface area contributed by atoms with Crippen LogP contribution in [0.4, 0.5) is 10.5 Å². The second-order valence-electron chi connectivity index (χ2n) is 4.89. The number of benzene rings is 2. The Morgan fingerprint density at radius 2 is 1.79 bits per heavy atom. The van der Waals surface area contributed by atoms with Gasteiger partial charge in [-0.2, -0.15) is 0 Å². The number of hydrogen-bond acceptors (Lipinski definition) is 5. The summed E-state index contributed by atoms with van der Waals surface area (Å²) in [6.45, 7) is 1.25. The van der Waals surface area contributed by atoms with Gasteiger partial charge >= 0.3 is 6.09 Å². The number of methoxy groups -OCH3 is 2. The van der Waals surface area contributed by atoms with Crippen LogP contribution in [-0.4, -0.2) is 33.5 Å². The molecule has 0 fully saturated rings. The summed E-state index contributed by atoms with van der Waals surface area (Å²) in [4.78, 5) is 11.5. The molecule has 6 heteroatoms. The third kappa shape index (κ3) is 5.48. The summed E-state index contributed by atoms with van der Waals surface area (Å²) < 4.78 is 20.9. The molecule has 1 amide bonds. The second-order valence-corrected chi connectivity index (χ2v) is 4.89. The highest BCUT2D eigenvalue weighted by Crippen LogP contribution is 2.30. The molecule has 0 aromatic heterocycles. The van der Waals surface area contributed by atoms with E-state index >= 15 is 0 Å². The molecule has 2 aromatic carbocycles. The molecular formula is C18H21NO5. The molecule has 0 atom stereocenters. The van der Waals surface area contributed by atoms with Gasteiger partial charge in [-0.25, -0.2) is 4.79 Å². The fourth-order valence-electron chi connectivity index (χ4n) is 1.96. The maximum Gasteiger partial charge on any atom is 0.411 e. The summed E-state index contributed by atoms with van der Waals surface area (Å²) in [5.74, 6) is 1.13. The average Bonchev–Trinajstić information content (AvgIpc) is 2.62. The minimum atomic E-state index is -0.577. The van der Waals surface area contributed by atoms with E-state index in [1.54, 1.807) is 25.3 Å². The van der Waals surface area contributed by atoms with Crippen LogP contribution in [0.2, 0.25) is 0 Å². The van der Waals surface area contributed by atoms with Crippen LogP contribution >= 0.6 is 0 Å². The zero-order valence-electron chi connectivity index (χ0n) is 13.8. The van der Waals surface area contributed by atoms with Gasteiger partial charge in [-0.05, 0) is 17.7 Å². The summed E-state index contributed by atoms with van der Waals surface area (Å²) in [6.07, 6.45) is -0.577. The van der Waals surface area contributed by atoms with E-state index in [1.807, 2.05) is 30.3 Å². The normalized spacial score (nSPS) is 10.1. The topological polar surface area (TPSA) is 66.0 Å². The van der Waals surface area contributed by atoms with Crippen molar-refractivity contribution in [2.45, 2.75) is 6.61 Å². The first-order valence-corrected chi connectivity index (χ1v) is 7.50. The number of nitrogens with one attached hydrogen (secondary N) is 1. The molecule has 0 bridgehead atoms. The Labute approximate surface area is 141 Å². The number of amides is 1. The van der Waals surface area contributed by atoms with Gasteiger partial charge in [0.2, 0.25) is 0 Å². The van der Waals surface area contributed by atoms with Crippen molar-refractivity contribution < 1.29 is 23.7 Å². The third-order valence-corrected chi connectivity index (χ3v) is 3.17. The summed E-state index contributed by atoms with van der Waals surface area (Å²) in [5, 5.41) is 2.62. The fourth-order valence-corrected chi connectivity index (χ4v) is 1.96. The molecular weight excluding hydrogens is 310 g/mol. The van der Waals surface area contributed by atoms with Gasteiger partial charge < -0.3 is 18.9 Å². The zero-order chi connectivity index (χ0) is 17.2. The Hall–Kier alpha value is -2.73. The smallest absolute Gasteiger partial charge is 0.411 e. The maximum atomic E-state index is 11.5. The predicted molar refractivity (Wildman–Crippen MR) is 90.6 cm³/mol. The second kappa shape index (κ2) is 9.42. The number of hydrogen-bond donors (Lipinski definition) is 1. The van der Waals surface area contributed by atoms with Crippen LogP contribution in [-0.2, 0) is 16.1 Å². The molecule has 0 aliphatic rings. The minimum Gasteiger partial charge on any atom is -0.489 e. The first kappa shape index (κ1) is 17.6. The van der Waals surface area contributed by atoms with Crippen LogP contribution in [0.15, 0.2) is 48.5 Å². The quantitative estimate of drug-likeness (QED) is 0.750. The first-order chi connectivity index (χ1) is 11.7. The van der Waals surface area contributed by atoms with E-state index < -0.39 is 6.09 Å². The summed E-state index contributed by atoms with van der Waals surface area (Å²) in [7, 11) is 2.90. The van der Waals surface area contributed by atoms with Crippen molar-refractivity contribution >= 4 is 11.8 Å². The Morgan fingerprint density at radius 1 is 1.00 bits per heavy atom. The van der Waals surface area contributed by atoms with Crippen molar-refractivity contribution in [3.05, 3.63) is 54.1 Å². The maximum absolute atomic E-state index is 11.5. The van der Waals surface area contributed by atoms with Crippen molar-refractivity contribution in [3.8, 4) is 11.5 Å². The fraction of sp³-hybridized carbons (Fsp3) is 0.278. The lowest BCUT2D eigenvalue weighted by Gasteiger charge is -2.14. The lowest BCUT2D eigenvalue weighted by Crippen LogP contribution is -2.13. The average molecular weight is 331 g/mol. The molecule has 0 saturated heterocycles. The van der Waals surface area contributed by atoms with Gasteiger partial charge in [0.05, 0.1) is 19.4 Å². The van der Waals surface area contributed by atoms with Crippen LogP contribution in [0.1, 0.15) is 5.56 Å². The molecule has 2 aromatic rings. The van der Waals surface area contributed by atoms with E-state index in [9.17, 15) is 4.79 Å². The molecule has 2 rings (SSSR count). The minimum absolute atomic E-state index is 0.372. The molecule has 0 aliphatic heterocycles. The molecule has 128 valence electrons. The largest absolute Gasteiger partial charge is 0.489 e. The molecule has 6 nitrogen and oxygen atoms in total. The van der Waals surface area contributed by atoms with Crippen molar-refractivity contribution in [1.82, 2.24) is 0 Å². The highest BCUT2D eigenvalue weighted by atomic mass is 16.5. The number of rotatable bonds is 8. The number of ether oxygens (including phenoxy) is 4. The molecule has 1 N–H and O–H groups in total. The van der Waals surface area contributed by atoms with E-state index in [0.717, 1.165) is 5.56 Å². The summed E-state index contributed by atoms with van der Waals surface area (Å²) in [5.41, 5.74) is 1.53. The van der Waals surface area contributed by atoms with Crippen molar-refractivity contribution in [1.29, 1.82) is 0 Å². The van der Waals surface area contributed by atoms with E-state index in [4.69, 9.17) is 14.2 Å². The molecule has 0 saturated carbocycles. The van der Waals surface area contributed by atoms with E-state index in [1.165, 1.54) is 7.11 Å². The van der Waals surface area contributed by atoms with Gasteiger partial charge in [0.15, 0.2) is 0 Å². The Morgan fingerprint density at radius 3 is 2.50 bits per heavy atom. The zero-order valence-corrected chi connectivity index (χ0v) is 13.8. The molecule has 24 heavy (non-hydrogen) atoms. The van der Waals surface area contributed by atoms with Crippen LogP contribution in [0, 0.1) is 0 Å². The van der Waals surface area contributed by atoms with Gasteiger partial charge in [-0.3, -0.25) is 5.32 Å². The van der Waals surface area contributed by atoms with E-state index in [2.05, 4.69) is 10.1 Å². The molecule has 0 unspecified atom stereocenters. The highest BCUT2D eigenvalue weighted by molar-refractivity contribution is 5.87. The first-order valence-electron chi connectivity index (χ1n) is 7.50. The standard InChI is InChI=1S/C18H21NO5/c1-21-10-11-23-17-9-8-15(12-16(17)19-18(20)22-2)24-13-14-6-4-3-5-7-14/h3-9,12H,10-11,13H2,1-2H3,(H,19,20). The lowest BCUT2D eigenvalue weighted by molar-refractivity contribution is 0.146. The SMILES string of the molecule is COCCOc1ccc(OCc2ccccc2)cc1NC(=O)OC. The Kier molecular flexibility index (Phi) is 6.91. The summed E-state index contributed by atoms with van der Waals surface area (Å²) in [6, 6.07) is 15.0. The molecule has 0 radical (unpaired) electrons. The number of carbonyl (C=O) groups excluding carboxylic acids is 1. The molecule has 0 spiro atoms. The van der Waals surface area contributed by atoms with Gasteiger partial charge in [0, 0.05) is 13.2 Å². The van der Waals surface area contributed by atoms with Gasteiger partial charge in [-0.15, -0.1) is 0 Å². The monoisotopic (exact) mass is 331 g/mol. The van der Waals surface area contributed by atoms with Gasteiger partial charge in [0.25, 0.3) is 0 Å². The van der Waals surface area contributed by atoms with E-state index in [0.29, 0.717) is 37.0 Å². The van der Waals surface area contributed by atoms with Gasteiger partial charge in [0.1, 0.15) is 24.7 Å². The lowest BCUT2D eigenvalue weighted by atomic mass is 10.2. The van der Waals surface area contributed by atoms with Crippen molar-refractivity contribution in [3.63, 3.8) is 0 Å². The highest BCUT2D eigenvalue weighted by Gasteiger charge is 2.10. The predicted octanol–water partition coefficient (Wildman–Crippen LogP) is 3.47. The number of anilines is 1. The van der Waals surface area contributed by atoms with Gasteiger partial charge in [-0.1, -0.05) is 30.3 Å². The van der Waals surface area contributed by atoms with E-state index in [-0.39, 0.29) is 0 Å². The van der Waals surface area contributed by atoms with Crippen LogP contribution in [0.5, 0.6) is 11.5 Å². The molecule has 0 aliphatic carbocycles. The van der Waals surface area contributed by atoms with Crippen molar-refractivity contribution in [2.75, 3.05) is 32.8 Å². The molecule has 0 heterocycles. The van der Waals surface area contributed by atoms with Crippen molar-refractivity contribution in [2.24, 2.45) is 0 Å². The third-order valence-electron chi connectivity index (χ3n) is 3.17. The van der Waals surface area contributed by atoms with Crippen LogP contribution in [0.25, 0.3) is 0 Å². The van der Waals surface area contributed by atoms with Crippen LogP contribution in [0.3, 0.4) is 0 Å². The Balaban J connectivity index is 2.08. The summed E-state index contributed by atoms with van der Waals surface area (Å²) >= 11 is 0.